The molecule has 0 bridgehead atoms. The van der Waals surface area contributed by atoms with Gasteiger partial charge in [-0.15, -0.1) is 0 Å². The van der Waals surface area contributed by atoms with Crippen molar-refractivity contribution in [3.8, 4) is 0 Å². The van der Waals surface area contributed by atoms with Gasteiger partial charge in [0.25, 0.3) is 0 Å². The predicted octanol–water partition coefficient (Wildman–Crippen LogP) is 3.03. The number of Topliss-reactive ketones (excluding diaryl/α,β-unsaturated/α-hetero) is 1. The maximum absolute atomic E-state index is 12.1. The van der Waals surface area contributed by atoms with E-state index in [-0.39, 0.29) is 23.2 Å². The van der Waals surface area contributed by atoms with Gasteiger partial charge in [0, 0.05) is 30.3 Å². The van der Waals surface area contributed by atoms with Crippen LogP contribution in [0, 0.1) is 0 Å². The van der Waals surface area contributed by atoms with Crippen molar-refractivity contribution in [2.24, 2.45) is 0 Å². The second kappa shape index (κ2) is 9.28. The first-order chi connectivity index (χ1) is 12.9. The van der Waals surface area contributed by atoms with E-state index < -0.39 is 12.6 Å². The molecule has 0 aliphatic heterocycles. The minimum absolute atomic E-state index is 0.118. The van der Waals surface area contributed by atoms with E-state index in [1.54, 1.807) is 43.3 Å². The first-order valence-corrected chi connectivity index (χ1v) is 8.37. The maximum atomic E-state index is 12.1. The first kappa shape index (κ1) is 19.8. The highest BCUT2D eigenvalue weighted by molar-refractivity contribution is 6.00. The van der Waals surface area contributed by atoms with E-state index in [4.69, 9.17) is 4.74 Å². The van der Waals surface area contributed by atoms with Crippen LogP contribution in [-0.2, 0) is 14.3 Å². The Bertz CT molecular complexity index is 842. The van der Waals surface area contributed by atoms with Gasteiger partial charge in [-0.3, -0.25) is 14.4 Å². The summed E-state index contributed by atoms with van der Waals surface area (Å²) < 4.78 is 5.03. The number of hydrogen-bond donors (Lipinski definition) is 2. The van der Waals surface area contributed by atoms with Gasteiger partial charge in [0.2, 0.25) is 11.8 Å². The summed E-state index contributed by atoms with van der Waals surface area (Å²) in [6.45, 7) is 2.74. The molecule has 0 aliphatic rings. The molecule has 2 N–H and O–H groups in total. The van der Waals surface area contributed by atoms with Crippen LogP contribution < -0.4 is 10.6 Å². The Morgan fingerprint density at radius 2 is 1.33 bits per heavy atom. The third-order valence-corrected chi connectivity index (χ3v) is 3.59. The SMILES string of the molecule is CCC(=O)Nc1ccc(C(=O)COC(=O)c2ccc(NC(C)=O)cc2)cc1. The molecule has 0 saturated carbocycles. The quantitative estimate of drug-likeness (QED) is 0.578. The first-order valence-electron chi connectivity index (χ1n) is 8.37. The topological polar surface area (TPSA) is 102 Å². The van der Waals surface area contributed by atoms with Crippen LogP contribution in [0.15, 0.2) is 48.5 Å². The number of esters is 1. The molecule has 2 aromatic rings. The minimum Gasteiger partial charge on any atom is -0.454 e. The number of carbonyl (C=O) groups is 4. The Morgan fingerprint density at radius 1 is 0.815 bits per heavy atom. The zero-order valence-corrected chi connectivity index (χ0v) is 15.1. The Balaban J connectivity index is 1.89. The third-order valence-electron chi connectivity index (χ3n) is 3.59. The van der Waals surface area contributed by atoms with Gasteiger partial charge in [-0.1, -0.05) is 6.92 Å². The van der Waals surface area contributed by atoms with E-state index in [1.165, 1.54) is 19.1 Å². The molecular weight excluding hydrogens is 348 g/mol. The average molecular weight is 368 g/mol. The Morgan fingerprint density at radius 3 is 1.85 bits per heavy atom. The van der Waals surface area contributed by atoms with Gasteiger partial charge in [0.05, 0.1) is 5.56 Å². The molecule has 7 nitrogen and oxygen atoms in total. The second-order valence-electron chi connectivity index (χ2n) is 5.74. The molecule has 0 saturated heterocycles. The lowest BCUT2D eigenvalue weighted by molar-refractivity contribution is -0.116. The molecular formula is C20H20N2O5. The zero-order valence-electron chi connectivity index (χ0n) is 15.1. The fourth-order valence-corrected chi connectivity index (χ4v) is 2.18. The van der Waals surface area contributed by atoms with Crippen molar-refractivity contribution in [3.05, 3.63) is 59.7 Å². The standard InChI is InChI=1S/C20H20N2O5/c1-3-19(25)22-17-8-4-14(5-9-17)18(24)12-27-20(26)15-6-10-16(11-7-15)21-13(2)23/h4-11H,3,12H2,1-2H3,(H,21,23)(H,22,25). The summed E-state index contributed by atoms with van der Waals surface area (Å²) in [6.07, 6.45) is 0.364. The van der Waals surface area contributed by atoms with Crippen LogP contribution in [0.3, 0.4) is 0 Å². The zero-order chi connectivity index (χ0) is 19.8. The lowest BCUT2D eigenvalue weighted by Crippen LogP contribution is -2.15. The predicted molar refractivity (Wildman–Crippen MR) is 101 cm³/mol. The number of amides is 2. The summed E-state index contributed by atoms with van der Waals surface area (Å²) in [6, 6.07) is 12.5. The molecule has 140 valence electrons. The molecule has 2 amide bonds. The van der Waals surface area contributed by atoms with Gasteiger partial charge in [-0.2, -0.15) is 0 Å². The maximum Gasteiger partial charge on any atom is 0.338 e. The third kappa shape index (κ3) is 6.07. The van der Waals surface area contributed by atoms with E-state index in [0.717, 1.165) is 0 Å². The van der Waals surface area contributed by atoms with Crippen molar-refractivity contribution in [3.63, 3.8) is 0 Å². The van der Waals surface area contributed by atoms with Crippen LogP contribution in [0.25, 0.3) is 0 Å². The summed E-state index contributed by atoms with van der Waals surface area (Å²) in [7, 11) is 0. The summed E-state index contributed by atoms with van der Waals surface area (Å²) in [5.74, 6) is -1.32. The van der Waals surface area contributed by atoms with Crippen molar-refractivity contribution < 1.29 is 23.9 Å². The van der Waals surface area contributed by atoms with Crippen LogP contribution in [0.4, 0.5) is 11.4 Å². The fourth-order valence-electron chi connectivity index (χ4n) is 2.18. The second-order valence-corrected chi connectivity index (χ2v) is 5.74. The smallest absolute Gasteiger partial charge is 0.338 e. The van der Waals surface area contributed by atoms with Crippen LogP contribution in [0.1, 0.15) is 41.0 Å². The van der Waals surface area contributed by atoms with Gasteiger partial charge in [-0.05, 0) is 48.5 Å². The van der Waals surface area contributed by atoms with Gasteiger partial charge in [0.15, 0.2) is 12.4 Å². The molecule has 0 aliphatic carbocycles. The van der Waals surface area contributed by atoms with Crippen molar-refractivity contribution in [1.82, 2.24) is 0 Å². The molecule has 7 heteroatoms. The van der Waals surface area contributed by atoms with Crippen molar-refractivity contribution >= 4 is 34.9 Å². The number of nitrogens with one attached hydrogen (secondary N) is 2. The van der Waals surface area contributed by atoms with Crippen LogP contribution in [-0.4, -0.2) is 30.2 Å². The number of benzene rings is 2. The number of ketones is 1. The molecule has 2 rings (SSSR count). The molecule has 27 heavy (non-hydrogen) atoms. The van der Waals surface area contributed by atoms with E-state index in [2.05, 4.69) is 10.6 Å². The lowest BCUT2D eigenvalue weighted by Gasteiger charge is -2.07. The van der Waals surface area contributed by atoms with Gasteiger partial charge in [-0.25, -0.2) is 4.79 Å². The molecule has 2 aromatic carbocycles. The van der Waals surface area contributed by atoms with Crippen molar-refractivity contribution in [2.75, 3.05) is 17.2 Å². The highest BCUT2D eigenvalue weighted by Gasteiger charge is 2.12. The number of hydrogen-bond acceptors (Lipinski definition) is 5. The largest absolute Gasteiger partial charge is 0.454 e. The van der Waals surface area contributed by atoms with Crippen LogP contribution in [0.2, 0.25) is 0 Å². The van der Waals surface area contributed by atoms with Gasteiger partial charge in [0.1, 0.15) is 0 Å². The highest BCUT2D eigenvalue weighted by Crippen LogP contribution is 2.13. The van der Waals surface area contributed by atoms with Gasteiger partial charge < -0.3 is 15.4 Å². The molecule has 0 unspecified atom stereocenters. The molecule has 0 heterocycles. The number of anilines is 2. The fraction of sp³-hybridized carbons (Fsp3) is 0.200. The Labute approximate surface area is 156 Å². The Hall–Kier alpha value is -3.48. The monoisotopic (exact) mass is 368 g/mol. The highest BCUT2D eigenvalue weighted by atomic mass is 16.5. The summed E-state index contributed by atoms with van der Waals surface area (Å²) in [4.78, 5) is 46.4. The van der Waals surface area contributed by atoms with Crippen molar-refractivity contribution in [1.29, 1.82) is 0 Å². The van der Waals surface area contributed by atoms with Crippen LogP contribution >= 0.6 is 0 Å². The number of rotatable bonds is 7. The molecule has 0 fully saturated rings. The summed E-state index contributed by atoms with van der Waals surface area (Å²) in [5, 5.41) is 5.28. The number of carbonyl (C=O) groups excluding carboxylic acids is 4. The lowest BCUT2D eigenvalue weighted by atomic mass is 10.1. The van der Waals surface area contributed by atoms with E-state index in [9.17, 15) is 19.2 Å². The Kier molecular flexibility index (Phi) is 6.82. The normalized spacial score (nSPS) is 10.0. The minimum atomic E-state index is -0.635. The molecule has 0 spiro atoms. The molecule has 0 atom stereocenters. The summed E-state index contributed by atoms with van der Waals surface area (Å²) >= 11 is 0. The average Bonchev–Trinajstić information content (AvgIpc) is 2.66. The van der Waals surface area contributed by atoms with Gasteiger partial charge >= 0.3 is 5.97 Å². The summed E-state index contributed by atoms with van der Waals surface area (Å²) in [5.41, 5.74) is 1.80. The van der Waals surface area contributed by atoms with Crippen LogP contribution in [0.5, 0.6) is 0 Å². The molecule has 0 radical (unpaired) electrons. The number of ether oxygens (including phenoxy) is 1. The van der Waals surface area contributed by atoms with Crippen molar-refractivity contribution in [2.45, 2.75) is 20.3 Å². The van der Waals surface area contributed by atoms with E-state index in [1.807, 2.05) is 0 Å². The molecule has 0 aromatic heterocycles. The van der Waals surface area contributed by atoms with E-state index in [0.29, 0.717) is 23.4 Å². The van der Waals surface area contributed by atoms with E-state index >= 15 is 0 Å².